The fourth-order valence-electron chi connectivity index (χ4n) is 3.94. The van der Waals surface area contributed by atoms with Gasteiger partial charge in [-0.2, -0.15) is 4.98 Å². The highest BCUT2D eigenvalue weighted by molar-refractivity contribution is 5.93. The molecule has 0 spiro atoms. The average Bonchev–Trinajstić information content (AvgIpc) is 3.30. The second-order valence-corrected chi connectivity index (χ2v) is 8.31. The predicted octanol–water partition coefficient (Wildman–Crippen LogP) is 2.08. The Labute approximate surface area is 186 Å². The van der Waals surface area contributed by atoms with Crippen molar-refractivity contribution in [2.45, 2.75) is 70.8 Å². The van der Waals surface area contributed by atoms with E-state index in [1.165, 1.54) is 11.8 Å². The lowest BCUT2D eigenvalue weighted by atomic mass is 9.89. The lowest BCUT2D eigenvalue weighted by Gasteiger charge is -2.30. The van der Waals surface area contributed by atoms with Crippen LogP contribution in [-0.4, -0.2) is 51.5 Å². The Kier molecular flexibility index (Phi) is 7.60. The van der Waals surface area contributed by atoms with Gasteiger partial charge in [-0.1, -0.05) is 36.0 Å². The third-order valence-electron chi connectivity index (χ3n) is 5.52. The molecule has 0 aromatic carbocycles. The van der Waals surface area contributed by atoms with Crippen molar-refractivity contribution in [1.82, 2.24) is 25.5 Å². The summed E-state index contributed by atoms with van der Waals surface area (Å²) in [5.74, 6) is 0.938. The van der Waals surface area contributed by atoms with Crippen LogP contribution in [0.15, 0.2) is 15.1 Å². The highest BCUT2D eigenvalue weighted by Gasteiger charge is 2.38. The van der Waals surface area contributed by atoms with Crippen molar-refractivity contribution in [1.29, 1.82) is 0 Å². The molecule has 2 aromatic rings. The molecule has 2 heterocycles. The van der Waals surface area contributed by atoms with E-state index >= 15 is 0 Å². The predicted molar refractivity (Wildman–Crippen MR) is 113 cm³/mol. The van der Waals surface area contributed by atoms with E-state index in [4.69, 9.17) is 9.05 Å². The fraction of sp³-hybridized carbons (Fsp3) is 0.619. The van der Waals surface area contributed by atoms with E-state index in [0.717, 1.165) is 38.5 Å². The molecule has 1 aliphatic carbocycles. The van der Waals surface area contributed by atoms with Gasteiger partial charge in [-0.15, -0.1) is 0 Å². The van der Waals surface area contributed by atoms with E-state index in [-0.39, 0.29) is 37.1 Å². The van der Waals surface area contributed by atoms with Gasteiger partial charge in [0.1, 0.15) is 11.3 Å². The summed E-state index contributed by atoms with van der Waals surface area (Å²) >= 11 is 0. The van der Waals surface area contributed by atoms with Crippen LogP contribution in [0, 0.1) is 6.92 Å². The zero-order chi connectivity index (χ0) is 23.1. The van der Waals surface area contributed by atoms with Crippen LogP contribution in [0.3, 0.4) is 0 Å². The third kappa shape index (κ3) is 6.14. The van der Waals surface area contributed by atoms with Crippen molar-refractivity contribution in [3.8, 4) is 0 Å². The SMILES string of the molecule is CC(=O)NC1(c2noc(CCC(=O)N(C)CC(=O)Nc3cc(C)on3)n2)CCCCCC1. The number of hydrogen-bond acceptors (Lipinski definition) is 8. The van der Waals surface area contributed by atoms with Crippen LogP contribution in [0.5, 0.6) is 0 Å². The van der Waals surface area contributed by atoms with E-state index in [1.807, 2.05) is 0 Å². The van der Waals surface area contributed by atoms with Gasteiger partial charge in [0.15, 0.2) is 11.6 Å². The first kappa shape index (κ1) is 23.4. The largest absolute Gasteiger partial charge is 0.360 e. The molecular weight excluding hydrogens is 416 g/mol. The Balaban J connectivity index is 1.54. The molecule has 0 atom stereocenters. The molecule has 11 nitrogen and oxygen atoms in total. The lowest BCUT2D eigenvalue weighted by Crippen LogP contribution is -2.45. The third-order valence-corrected chi connectivity index (χ3v) is 5.52. The number of carbonyl (C=O) groups excluding carboxylic acids is 3. The van der Waals surface area contributed by atoms with Crippen molar-refractivity contribution in [3.63, 3.8) is 0 Å². The van der Waals surface area contributed by atoms with Crippen molar-refractivity contribution >= 4 is 23.5 Å². The van der Waals surface area contributed by atoms with Gasteiger partial charge in [0.25, 0.3) is 0 Å². The zero-order valence-corrected chi connectivity index (χ0v) is 18.8. The van der Waals surface area contributed by atoms with Crippen molar-refractivity contribution in [3.05, 3.63) is 23.5 Å². The Bertz CT molecular complexity index is 944. The maximum absolute atomic E-state index is 12.4. The summed E-state index contributed by atoms with van der Waals surface area (Å²) in [5.41, 5.74) is -0.623. The van der Waals surface area contributed by atoms with Gasteiger partial charge in [-0.25, -0.2) is 0 Å². The van der Waals surface area contributed by atoms with Crippen LogP contribution < -0.4 is 10.6 Å². The lowest BCUT2D eigenvalue weighted by molar-refractivity contribution is -0.133. The molecular formula is C21H30N6O5. The quantitative estimate of drug-likeness (QED) is 0.587. The smallest absolute Gasteiger partial charge is 0.245 e. The summed E-state index contributed by atoms with van der Waals surface area (Å²) in [4.78, 5) is 42.1. The topological polar surface area (TPSA) is 143 Å². The minimum atomic E-state index is -0.623. The molecule has 174 valence electrons. The molecule has 0 aliphatic heterocycles. The minimum absolute atomic E-state index is 0.113. The summed E-state index contributed by atoms with van der Waals surface area (Å²) in [7, 11) is 1.55. The molecule has 3 amide bonds. The van der Waals surface area contributed by atoms with E-state index in [1.54, 1.807) is 20.0 Å². The maximum atomic E-state index is 12.4. The Morgan fingerprint density at radius 1 is 1.12 bits per heavy atom. The Morgan fingerprint density at radius 3 is 2.47 bits per heavy atom. The van der Waals surface area contributed by atoms with Gasteiger partial charge < -0.3 is 24.6 Å². The summed E-state index contributed by atoms with van der Waals surface area (Å²) in [6, 6.07) is 1.59. The first-order chi connectivity index (χ1) is 15.3. The number of nitrogens with one attached hydrogen (secondary N) is 2. The highest BCUT2D eigenvalue weighted by Crippen LogP contribution is 2.34. The molecule has 0 unspecified atom stereocenters. The Morgan fingerprint density at radius 2 is 1.84 bits per heavy atom. The van der Waals surface area contributed by atoms with Crippen LogP contribution in [0.1, 0.15) is 69.3 Å². The normalized spacial score (nSPS) is 15.6. The van der Waals surface area contributed by atoms with Gasteiger partial charge in [0.2, 0.25) is 23.6 Å². The molecule has 3 rings (SSSR count). The second kappa shape index (κ2) is 10.4. The summed E-state index contributed by atoms with van der Waals surface area (Å²) in [6.45, 7) is 3.09. The number of hydrogen-bond donors (Lipinski definition) is 2. The summed E-state index contributed by atoms with van der Waals surface area (Å²) in [5, 5.41) is 13.4. The highest BCUT2D eigenvalue weighted by atomic mass is 16.5. The van der Waals surface area contributed by atoms with Crippen LogP contribution in [0.25, 0.3) is 0 Å². The Hall–Kier alpha value is -3.24. The second-order valence-electron chi connectivity index (χ2n) is 8.31. The van der Waals surface area contributed by atoms with Crippen LogP contribution in [-0.2, 0) is 26.3 Å². The molecule has 0 bridgehead atoms. The monoisotopic (exact) mass is 446 g/mol. The standard InChI is InChI=1S/C21H30N6O5/c1-14-12-16(25-31-14)22-17(29)13-27(3)19(30)9-8-18-23-20(26-32-18)21(24-15(2)28)10-6-4-5-7-11-21/h12H,4-11,13H2,1-3H3,(H,24,28)(H,22,25,29). The molecule has 32 heavy (non-hydrogen) atoms. The average molecular weight is 447 g/mol. The van der Waals surface area contributed by atoms with Crippen molar-refractivity contribution in [2.24, 2.45) is 0 Å². The fourth-order valence-corrected chi connectivity index (χ4v) is 3.94. The van der Waals surface area contributed by atoms with Crippen LogP contribution >= 0.6 is 0 Å². The number of carbonyl (C=O) groups is 3. The molecule has 0 radical (unpaired) electrons. The molecule has 2 aromatic heterocycles. The number of likely N-dealkylation sites (N-methyl/N-ethyl adjacent to an activating group) is 1. The number of aryl methyl sites for hydroxylation is 2. The van der Waals surface area contributed by atoms with E-state index in [2.05, 4.69) is 25.9 Å². The van der Waals surface area contributed by atoms with Crippen LogP contribution in [0.2, 0.25) is 0 Å². The van der Waals surface area contributed by atoms with Gasteiger partial charge in [0.05, 0.1) is 6.54 Å². The molecule has 11 heteroatoms. The molecule has 1 fully saturated rings. The molecule has 0 saturated heterocycles. The van der Waals surface area contributed by atoms with Gasteiger partial charge >= 0.3 is 0 Å². The minimum Gasteiger partial charge on any atom is -0.360 e. The number of rotatable bonds is 8. The van der Waals surface area contributed by atoms with E-state index < -0.39 is 5.54 Å². The first-order valence-corrected chi connectivity index (χ1v) is 10.9. The zero-order valence-electron chi connectivity index (χ0n) is 18.8. The first-order valence-electron chi connectivity index (χ1n) is 10.9. The van der Waals surface area contributed by atoms with Gasteiger partial charge in [-0.3, -0.25) is 14.4 Å². The number of nitrogens with zero attached hydrogens (tertiary/aromatic N) is 4. The number of amides is 3. The number of anilines is 1. The van der Waals surface area contributed by atoms with Crippen LogP contribution in [0.4, 0.5) is 5.82 Å². The maximum Gasteiger partial charge on any atom is 0.245 e. The molecule has 2 N–H and O–H groups in total. The number of aromatic nitrogens is 3. The summed E-state index contributed by atoms with van der Waals surface area (Å²) < 4.78 is 10.3. The summed E-state index contributed by atoms with van der Waals surface area (Å²) in [6.07, 6.45) is 6.04. The van der Waals surface area contributed by atoms with Crippen molar-refractivity contribution < 1.29 is 23.4 Å². The molecule has 1 aliphatic rings. The van der Waals surface area contributed by atoms with E-state index in [0.29, 0.717) is 23.3 Å². The van der Waals surface area contributed by atoms with Gasteiger partial charge in [-0.05, 0) is 19.8 Å². The molecule has 1 saturated carbocycles. The van der Waals surface area contributed by atoms with E-state index in [9.17, 15) is 14.4 Å². The van der Waals surface area contributed by atoms with Crippen molar-refractivity contribution in [2.75, 3.05) is 18.9 Å². The van der Waals surface area contributed by atoms with Gasteiger partial charge in [0, 0.05) is 32.9 Å².